The first-order valence-corrected chi connectivity index (χ1v) is 14.0. The summed E-state index contributed by atoms with van der Waals surface area (Å²) in [4.78, 5) is 16.1. The smallest absolute Gasteiger partial charge is 0.226 e. The molecule has 0 aromatic heterocycles. The lowest BCUT2D eigenvalue weighted by Crippen LogP contribution is -2.54. The van der Waals surface area contributed by atoms with Gasteiger partial charge >= 0.3 is 0 Å². The monoisotopic (exact) mass is 496 g/mol. The predicted molar refractivity (Wildman–Crippen MR) is 140 cm³/mol. The van der Waals surface area contributed by atoms with Gasteiger partial charge in [-0.3, -0.25) is 9.10 Å². The lowest BCUT2D eigenvalue weighted by molar-refractivity contribution is -0.145. The van der Waals surface area contributed by atoms with Crippen LogP contribution in [0.15, 0.2) is 67.3 Å². The Morgan fingerprint density at radius 3 is 2.35 bits per heavy atom. The predicted octanol–water partition coefficient (Wildman–Crippen LogP) is 6.31. The van der Waals surface area contributed by atoms with Gasteiger partial charge in [0.05, 0.1) is 23.9 Å². The molecule has 6 heteroatoms. The Bertz CT molecular complexity index is 1040. The van der Waals surface area contributed by atoms with E-state index in [1.165, 1.54) is 0 Å². The highest BCUT2D eigenvalue weighted by molar-refractivity contribution is 7.87. The van der Waals surface area contributed by atoms with Crippen molar-refractivity contribution in [3.63, 3.8) is 0 Å². The number of halogens is 1. The molecule has 3 unspecified atom stereocenters. The quantitative estimate of drug-likeness (QED) is 0.362. The van der Waals surface area contributed by atoms with E-state index in [1.54, 1.807) is 0 Å². The average molecular weight is 497 g/mol. The molecule has 3 fully saturated rings. The van der Waals surface area contributed by atoms with Crippen LogP contribution in [0.5, 0.6) is 0 Å². The lowest BCUT2D eigenvalue weighted by atomic mass is 9.84. The molecule has 5 rings (SSSR count). The molecule has 1 aliphatic heterocycles. The average Bonchev–Trinajstić information content (AvgIpc) is 3.76. The number of carbonyl (C=O) groups excluding carboxylic acids is 1. The van der Waals surface area contributed by atoms with Crippen LogP contribution >= 0.6 is 11.6 Å². The van der Waals surface area contributed by atoms with Gasteiger partial charge in [-0.05, 0) is 80.7 Å². The van der Waals surface area contributed by atoms with Crippen molar-refractivity contribution >= 4 is 34.2 Å². The normalized spacial score (nSPS) is 24.5. The minimum absolute atomic E-state index is 0.0171. The van der Waals surface area contributed by atoms with Gasteiger partial charge in [-0.2, -0.15) is 0 Å². The van der Waals surface area contributed by atoms with Crippen LogP contribution in [0.3, 0.4) is 0 Å². The number of hydrogen-bond donors (Lipinski definition) is 0. The van der Waals surface area contributed by atoms with Crippen LogP contribution < -0.4 is 4.31 Å². The van der Waals surface area contributed by atoms with Crippen molar-refractivity contribution in [1.82, 2.24) is 4.90 Å². The number of hydrogen-bond acceptors (Lipinski definition) is 2. The topological polar surface area (TPSA) is 40.6 Å². The number of amides is 1. The Morgan fingerprint density at radius 1 is 1.03 bits per heavy atom. The second-order valence-electron chi connectivity index (χ2n) is 9.89. The summed E-state index contributed by atoms with van der Waals surface area (Å²) in [6.07, 6.45) is 8.63. The van der Waals surface area contributed by atoms with Gasteiger partial charge in [-0.1, -0.05) is 48.0 Å². The number of carbonyl (C=O) groups is 1. The molecule has 1 heterocycles. The maximum absolute atomic E-state index is 13.9. The number of nitrogens with zero attached hydrogens (tertiary/aromatic N) is 2. The third-order valence-corrected chi connectivity index (χ3v) is 9.47. The molecular formula is C28H33ClN2O2S. The van der Waals surface area contributed by atoms with Crippen molar-refractivity contribution in [2.45, 2.75) is 62.3 Å². The number of allylic oxidation sites excluding steroid dienone is 1. The molecule has 4 atom stereocenters. The summed E-state index contributed by atoms with van der Waals surface area (Å²) in [6.45, 7) is 4.50. The van der Waals surface area contributed by atoms with E-state index in [0.717, 1.165) is 49.8 Å². The van der Waals surface area contributed by atoms with Crippen molar-refractivity contribution in [3.05, 3.63) is 77.8 Å². The summed E-state index contributed by atoms with van der Waals surface area (Å²) in [5, 5.41) is 0.938. The molecular weight excluding hydrogens is 464 g/mol. The largest absolute Gasteiger partial charge is 0.330 e. The molecule has 180 valence electrons. The van der Waals surface area contributed by atoms with E-state index < -0.39 is 11.0 Å². The highest BCUT2D eigenvalue weighted by Crippen LogP contribution is 2.45. The summed E-state index contributed by atoms with van der Waals surface area (Å²) in [7, 11) is -1.08. The molecule has 4 nitrogen and oxygen atoms in total. The highest BCUT2D eigenvalue weighted by Gasteiger charge is 2.46. The van der Waals surface area contributed by atoms with E-state index in [1.807, 2.05) is 48.5 Å². The first kappa shape index (κ1) is 23.6. The minimum Gasteiger partial charge on any atom is -0.330 e. The number of para-hydroxylation sites is 1. The molecule has 3 aliphatic rings. The van der Waals surface area contributed by atoms with Gasteiger partial charge in [0, 0.05) is 16.6 Å². The molecule has 0 radical (unpaired) electrons. The fourth-order valence-electron chi connectivity index (χ4n) is 5.25. The van der Waals surface area contributed by atoms with Crippen LogP contribution in [0.2, 0.25) is 5.02 Å². The lowest BCUT2D eigenvalue weighted by Gasteiger charge is -2.46. The van der Waals surface area contributed by atoms with Crippen LogP contribution in [-0.2, 0) is 15.8 Å². The van der Waals surface area contributed by atoms with Crippen LogP contribution in [0.4, 0.5) is 5.69 Å². The Morgan fingerprint density at radius 2 is 1.74 bits per heavy atom. The summed E-state index contributed by atoms with van der Waals surface area (Å²) in [5.41, 5.74) is 2.11. The second kappa shape index (κ2) is 10.2. The first-order valence-electron chi connectivity index (χ1n) is 12.5. The van der Waals surface area contributed by atoms with Gasteiger partial charge in [0.2, 0.25) is 5.91 Å². The maximum Gasteiger partial charge on any atom is 0.226 e. The Kier molecular flexibility index (Phi) is 7.12. The Hall–Kier alpha value is -2.11. The molecule has 0 spiro atoms. The van der Waals surface area contributed by atoms with Crippen molar-refractivity contribution in [1.29, 1.82) is 0 Å². The molecule has 1 saturated heterocycles. The van der Waals surface area contributed by atoms with Crippen LogP contribution in [0.25, 0.3) is 0 Å². The standard InChI is InChI=1S/C28H33ClN2O2S/c1-2-6-22-13-18-26(20-11-14-23(29)15-12-20)31(28(22)32)27(21-9-10-21)19-30(34(33)25-16-17-25)24-7-4-3-5-8-24/h2-5,7-8,11-12,14-15,21-22,25-27H,1,6,9-10,13,16-19H2/t22?,26-,27?,34?/m0/s1. The number of piperidine rings is 1. The van der Waals surface area contributed by atoms with Crippen molar-refractivity contribution in [2.24, 2.45) is 11.8 Å². The van der Waals surface area contributed by atoms with E-state index in [9.17, 15) is 9.00 Å². The Labute approximate surface area is 210 Å². The van der Waals surface area contributed by atoms with Gasteiger partial charge in [-0.25, -0.2) is 4.21 Å². The molecule has 2 saturated carbocycles. The molecule has 2 aromatic rings. The van der Waals surface area contributed by atoms with Crippen molar-refractivity contribution < 1.29 is 9.00 Å². The summed E-state index contributed by atoms with van der Waals surface area (Å²) in [5.74, 6) is 0.637. The number of anilines is 1. The summed E-state index contributed by atoms with van der Waals surface area (Å²) >= 11 is 6.18. The minimum atomic E-state index is -1.08. The van der Waals surface area contributed by atoms with Crippen molar-refractivity contribution in [3.8, 4) is 0 Å². The molecule has 2 aromatic carbocycles. The molecule has 1 amide bonds. The molecule has 0 bridgehead atoms. The summed E-state index contributed by atoms with van der Waals surface area (Å²) < 4.78 is 15.6. The van der Waals surface area contributed by atoms with E-state index in [0.29, 0.717) is 23.9 Å². The second-order valence-corrected chi connectivity index (χ2v) is 12.0. The fraction of sp³-hybridized carbons (Fsp3) is 0.464. The number of rotatable bonds is 10. The van der Waals surface area contributed by atoms with Gasteiger partial charge in [0.1, 0.15) is 11.0 Å². The first-order chi connectivity index (χ1) is 16.6. The third kappa shape index (κ3) is 5.11. The molecule has 2 aliphatic carbocycles. The van der Waals surface area contributed by atoms with Gasteiger partial charge in [-0.15, -0.1) is 6.58 Å². The fourth-order valence-corrected chi connectivity index (χ4v) is 6.91. The highest BCUT2D eigenvalue weighted by atomic mass is 35.5. The van der Waals surface area contributed by atoms with E-state index in [2.05, 4.69) is 27.9 Å². The maximum atomic E-state index is 13.9. The zero-order chi connectivity index (χ0) is 23.7. The zero-order valence-corrected chi connectivity index (χ0v) is 21.1. The van der Waals surface area contributed by atoms with Gasteiger partial charge in [0.25, 0.3) is 0 Å². The summed E-state index contributed by atoms with van der Waals surface area (Å²) in [6, 6.07) is 18.1. The van der Waals surface area contributed by atoms with Crippen LogP contribution in [0, 0.1) is 11.8 Å². The van der Waals surface area contributed by atoms with E-state index >= 15 is 0 Å². The molecule has 34 heavy (non-hydrogen) atoms. The van der Waals surface area contributed by atoms with E-state index in [-0.39, 0.29) is 29.2 Å². The van der Waals surface area contributed by atoms with Gasteiger partial charge in [0.15, 0.2) is 0 Å². The number of likely N-dealkylation sites (tertiary alicyclic amines) is 1. The van der Waals surface area contributed by atoms with Gasteiger partial charge < -0.3 is 4.90 Å². The SMILES string of the molecule is C=CCC1CC[C@@H](c2ccc(Cl)cc2)N(C(CN(c2ccccc2)S(=O)C2CC2)C2CC2)C1=O. The number of benzene rings is 2. The van der Waals surface area contributed by atoms with E-state index in [4.69, 9.17) is 11.6 Å². The zero-order valence-electron chi connectivity index (χ0n) is 19.5. The molecule has 0 N–H and O–H groups in total. The van der Waals surface area contributed by atoms with Crippen LogP contribution in [0.1, 0.15) is 56.6 Å². The third-order valence-electron chi connectivity index (χ3n) is 7.38. The Balaban J connectivity index is 1.50. The van der Waals surface area contributed by atoms with Crippen LogP contribution in [-0.4, -0.2) is 32.9 Å². The van der Waals surface area contributed by atoms with Crippen molar-refractivity contribution in [2.75, 3.05) is 10.8 Å².